The van der Waals surface area contributed by atoms with Crippen molar-refractivity contribution in [1.82, 2.24) is 0 Å². The zero-order chi connectivity index (χ0) is 14.2. The van der Waals surface area contributed by atoms with Gasteiger partial charge in [0.15, 0.2) is 0 Å². The van der Waals surface area contributed by atoms with Crippen molar-refractivity contribution < 1.29 is 9.18 Å². The van der Waals surface area contributed by atoms with E-state index in [9.17, 15) is 9.18 Å². The molecular formula is C14H14Cl2FNO. The van der Waals surface area contributed by atoms with Crippen LogP contribution in [0.3, 0.4) is 0 Å². The summed E-state index contributed by atoms with van der Waals surface area (Å²) in [6.07, 6.45) is 1.66. The Morgan fingerprint density at radius 3 is 2.58 bits per heavy atom. The summed E-state index contributed by atoms with van der Waals surface area (Å²) in [5.74, 6) is -0.938. The molecule has 0 spiro atoms. The molecule has 5 heteroatoms. The maximum atomic E-state index is 13.5. The van der Waals surface area contributed by atoms with Gasteiger partial charge in [0, 0.05) is 0 Å². The second kappa shape index (κ2) is 5.14. The summed E-state index contributed by atoms with van der Waals surface area (Å²) in [5, 5.41) is 2.60. The van der Waals surface area contributed by atoms with Crippen molar-refractivity contribution in [2.45, 2.75) is 13.8 Å². The highest BCUT2D eigenvalue weighted by Gasteiger charge is 2.60. The van der Waals surface area contributed by atoms with Crippen molar-refractivity contribution in [2.24, 2.45) is 17.3 Å². The molecule has 19 heavy (non-hydrogen) atoms. The number of hydrogen-bond donors (Lipinski definition) is 1. The second-order valence-corrected chi connectivity index (χ2v) is 6.26. The number of para-hydroxylation sites is 1. The zero-order valence-corrected chi connectivity index (χ0v) is 12.1. The maximum Gasteiger partial charge on any atom is 0.228 e. The Bertz CT molecular complexity index is 538. The van der Waals surface area contributed by atoms with Gasteiger partial charge in [-0.15, -0.1) is 0 Å². The number of carbonyl (C=O) groups excluding carboxylic acids is 1. The van der Waals surface area contributed by atoms with Gasteiger partial charge < -0.3 is 5.32 Å². The Balaban J connectivity index is 2.10. The number of carbonyl (C=O) groups is 1. The number of anilines is 1. The monoisotopic (exact) mass is 301 g/mol. The average Bonchev–Trinajstić information content (AvgIpc) is 2.82. The van der Waals surface area contributed by atoms with Crippen molar-refractivity contribution in [3.05, 3.63) is 40.7 Å². The fourth-order valence-corrected chi connectivity index (χ4v) is 2.67. The molecule has 0 bridgehead atoms. The summed E-state index contributed by atoms with van der Waals surface area (Å²) in [4.78, 5) is 12.1. The lowest BCUT2D eigenvalue weighted by atomic mass is 10.1. The topological polar surface area (TPSA) is 29.1 Å². The molecular weight excluding hydrogens is 288 g/mol. The third kappa shape index (κ3) is 2.93. The summed E-state index contributed by atoms with van der Waals surface area (Å²) >= 11 is 11.3. The van der Waals surface area contributed by atoms with Crippen LogP contribution in [0.2, 0.25) is 0 Å². The Labute approximate surface area is 121 Å². The number of halogens is 3. The van der Waals surface area contributed by atoms with Gasteiger partial charge >= 0.3 is 0 Å². The van der Waals surface area contributed by atoms with Crippen LogP contribution in [0.5, 0.6) is 0 Å². The van der Waals surface area contributed by atoms with Gasteiger partial charge in [-0.3, -0.25) is 4.79 Å². The first-order valence-corrected chi connectivity index (χ1v) is 6.68. The third-order valence-electron chi connectivity index (χ3n) is 3.63. The summed E-state index contributed by atoms with van der Waals surface area (Å²) in [6, 6.07) is 6.08. The second-order valence-electron chi connectivity index (χ2n) is 5.25. The minimum absolute atomic E-state index is 0.0238. The largest absolute Gasteiger partial charge is 0.323 e. The van der Waals surface area contributed by atoms with E-state index < -0.39 is 5.82 Å². The summed E-state index contributed by atoms with van der Waals surface area (Å²) in [6.45, 7) is 3.91. The average molecular weight is 302 g/mol. The van der Waals surface area contributed by atoms with E-state index in [0.29, 0.717) is 0 Å². The van der Waals surface area contributed by atoms with Gasteiger partial charge in [-0.1, -0.05) is 49.2 Å². The Morgan fingerprint density at radius 1 is 1.37 bits per heavy atom. The van der Waals surface area contributed by atoms with Crippen LogP contribution in [0.4, 0.5) is 10.1 Å². The van der Waals surface area contributed by atoms with Crippen molar-refractivity contribution in [2.75, 3.05) is 5.32 Å². The van der Waals surface area contributed by atoms with E-state index in [0.717, 1.165) is 0 Å². The molecule has 1 aliphatic rings. The molecule has 1 amide bonds. The highest BCUT2D eigenvalue weighted by atomic mass is 35.5. The lowest BCUT2D eigenvalue weighted by Gasteiger charge is -2.06. The van der Waals surface area contributed by atoms with E-state index in [1.54, 1.807) is 18.2 Å². The van der Waals surface area contributed by atoms with Crippen molar-refractivity contribution in [3.8, 4) is 0 Å². The predicted octanol–water partition coefficient (Wildman–Crippen LogP) is 4.36. The molecule has 1 N–H and O–H groups in total. The smallest absolute Gasteiger partial charge is 0.228 e. The van der Waals surface area contributed by atoms with Crippen LogP contribution in [0.1, 0.15) is 13.8 Å². The van der Waals surface area contributed by atoms with Gasteiger partial charge in [-0.05, 0) is 29.5 Å². The van der Waals surface area contributed by atoms with Gasteiger partial charge in [0.1, 0.15) is 10.3 Å². The van der Waals surface area contributed by atoms with Crippen molar-refractivity contribution >= 4 is 34.8 Å². The fraction of sp³-hybridized carbons (Fsp3) is 0.357. The van der Waals surface area contributed by atoms with E-state index in [4.69, 9.17) is 23.2 Å². The van der Waals surface area contributed by atoms with Crippen LogP contribution in [-0.4, -0.2) is 5.91 Å². The molecule has 0 radical (unpaired) electrons. The summed E-state index contributed by atoms with van der Waals surface area (Å²) in [5.41, 5.74) is -0.0282. The van der Waals surface area contributed by atoms with Crippen LogP contribution in [0, 0.1) is 23.1 Å². The Morgan fingerprint density at radius 2 is 2.00 bits per heavy atom. The SMILES string of the molecule is CC1(C)[C@H](C(=O)Nc2ccccc2F)[C@@H]1C=C(Cl)Cl. The molecule has 0 aromatic heterocycles. The number of allylic oxidation sites excluding steroid dienone is 1. The molecule has 1 fully saturated rings. The van der Waals surface area contributed by atoms with Gasteiger partial charge in [-0.25, -0.2) is 4.39 Å². The van der Waals surface area contributed by atoms with E-state index in [1.165, 1.54) is 12.1 Å². The minimum Gasteiger partial charge on any atom is -0.323 e. The molecule has 1 saturated carbocycles. The summed E-state index contributed by atoms with van der Waals surface area (Å²) in [7, 11) is 0. The molecule has 0 heterocycles. The molecule has 2 atom stereocenters. The number of hydrogen-bond acceptors (Lipinski definition) is 1. The number of rotatable bonds is 3. The molecule has 102 valence electrons. The van der Waals surface area contributed by atoms with Gasteiger partial charge in [0.05, 0.1) is 11.6 Å². The standard InChI is InChI=1S/C14H14Cl2FNO/c1-14(2)8(7-11(15)16)12(14)13(19)18-10-6-4-3-5-9(10)17/h3-8,12H,1-2H3,(H,18,19)/t8-,12-/m0/s1. The van der Waals surface area contributed by atoms with Crippen molar-refractivity contribution in [1.29, 1.82) is 0 Å². The van der Waals surface area contributed by atoms with E-state index in [2.05, 4.69) is 5.32 Å². The van der Waals surface area contributed by atoms with E-state index >= 15 is 0 Å². The highest BCUT2D eigenvalue weighted by Crippen LogP contribution is 2.60. The number of amides is 1. The first-order chi connectivity index (χ1) is 8.84. The molecule has 0 saturated heterocycles. The third-order valence-corrected chi connectivity index (χ3v) is 3.88. The van der Waals surface area contributed by atoms with E-state index in [1.807, 2.05) is 13.8 Å². The van der Waals surface area contributed by atoms with Gasteiger partial charge in [-0.2, -0.15) is 0 Å². The number of nitrogens with one attached hydrogen (secondary N) is 1. The maximum absolute atomic E-state index is 13.5. The molecule has 1 aliphatic carbocycles. The van der Waals surface area contributed by atoms with Gasteiger partial charge in [0.25, 0.3) is 0 Å². The molecule has 0 aliphatic heterocycles. The normalized spacial score (nSPS) is 23.6. The highest BCUT2D eigenvalue weighted by molar-refractivity contribution is 6.55. The lowest BCUT2D eigenvalue weighted by Crippen LogP contribution is -2.17. The molecule has 0 unspecified atom stereocenters. The van der Waals surface area contributed by atoms with Crippen LogP contribution < -0.4 is 5.32 Å². The Hall–Kier alpha value is -1.06. The molecule has 2 nitrogen and oxygen atoms in total. The molecule has 2 rings (SSSR count). The van der Waals surface area contributed by atoms with Crippen molar-refractivity contribution in [3.63, 3.8) is 0 Å². The first kappa shape index (κ1) is 14.4. The van der Waals surface area contributed by atoms with Crippen LogP contribution >= 0.6 is 23.2 Å². The lowest BCUT2D eigenvalue weighted by molar-refractivity contribution is -0.118. The van der Waals surface area contributed by atoms with Crippen LogP contribution in [0.25, 0.3) is 0 Å². The minimum atomic E-state index is -0.447. The Kier molecular flexibility index (Phi) is 3.88. The quantitative estimate of drug-likeness (QED) is 0.883. The van der Waals surface area contributed by atoms with Gasteiger partial charge in [0.2, 0.25) is 5.91 Å². The van der Waals surface area contributed by atoms with Crippen LogP contribution in [0.15, 0.2) is 34.8 Å². The number of benzene rings is 1. The summed E-state index contributed by atoms with van der Waals surface area (Å²) < 4.78 is 13.6. The first-order valence-electron chi connectivity index (χ1n) is 5.92. The predicted molar refractivity (Wildman–Crippen MR) is 75.6 cm³/mol. The fourth-order valence-electron chi connectivity index (χ4n) is 2.40. The van der Waals surface area contributed by atoms with E-state index in [-0.39, 0.29) is 33.3 Å². The van der Waals surface area contributed by atoms with Crippen LogP contribution in [-0.2, 0) is 4.79 Å². The zero-order valence-electron chi connectivity index (χ0n) is 10.6. The molecule has 1 aromatic carbocycles. The molecule has 1 aromatic rings.